The molecule has 4 heteroatoms. The van der Waals surface area contributed by atoms with Crippen LogP contribution in [0.2, 0.25) is 0 Å². The van der Waals surface area contributed by atoms with E-state index in [0.717, 1.165) is 17.7 Å². The minimum Gasteiger partial charge on any atom is -0.494 e. The lowest BCUT2D eigenvalue weighted by Gasteiger charge is -2.30. The molecule has 0 saturated heterocycles. The molecule has 1 nitrogen and oxygen atoms in total. The Balaban J connectivity index is 3.09. The summed E-state index contributed by atoms with van der Waals surface area (Å²) in [6.45, 7) is 6.78. The van der Waals surface area contributed by atoms with E-state index in [1.165, 1.54) is 0 Å². The lowest BCUT2D eigenvalue weighted by atomic mass is 9.86. The second kappa shape index (κ2) is 6.88. The third-order valence-electron chi connectivity index (χ3n) is 3.09. The highest BCUT2D eigenvalue weighted by molar-refractivity contribution is 6.68. The van der Waals surface area contributed by atoms with Gasteiger partial charge in [-0.3, -0.25) is 0 Å². The first-order chi connectivity index (χ1) is 8.40. The molecule has 0 aliphatic carbocycles. The maximum absolute atomic E-state index is 6.13. The summed E-state index contributed by atoms with van der Waals surface area (Å²) in [7, 11) is 0. The van der Waals surface area contributed by atoms with Crippen molar-refractivity contribution >= 4 is 34.8 Å². The fourth-order valence-corrected chi connectivity index (χ4v) is 3.06. The Bertz CT molecular complexity index is 374. The van der Waals surface area contributed by atoms with Gasteiger partial charge in [-0.05, 0) is 30.5 Å². The van der Waals surface area contributed by atoms with Gasteiger partial charge in [0.15, 0.2) is 3.79 Å². The van der Waals surface area contributed by atoms with E-state index in [-0.39, 0.29) is 11.8 Å². The third kappa shape index (κ3) is 4.22. The Hall–Kier alpha value is -0.110. The zero-order valence-corrected chi connectivity index (χ0v) is 13.2. The number of halogens is 3. The van der Waals surface area contributed by atoms with Crippen molar-refractivity contribution < 1.29 is 4.74 Å². The van der Waals surface area contributed by atoms with Gasteiger partial charge in [-0.25, -0.2) is 0 Å². The molecule has 1 aromatic carbocycles. The van der Waals surface area contributed by atoms with Gasteiger partial charge in [-0.2, -0.15) is 0 Å². The van der Waals surface area contributed by atoms with Gasteiger partial charge >= 0.3 is 0 Å². The second-order valence-electron chi connectivity index (χ2n) is 4.41. The molecule has 0 amide bonds. The standard InChI is InChI=1S/C14H19Cl3O/c1-4-10(3)13(14(15,16)17)11-7-6-8-12(9-11)18-5-2/h6-10,13H,4-5H2,1-3H3. The summed E-state index contributed by atoms with van der Waals surface area (Å²) >= 11 is 18.4. The molecule has 0 N–H and O–H groups in total. The second-order valence-corrected chi connectivity index (χ2v) is 6.78. The predicted molar refractivity (Wildman–Crippen MR) is 80.1 cm³/mol. The number of alkyl halides is 3. The highest BCUT2D eigenvalue weighted by atomic mass is 35.6. The van der Waals surface area contributed by atoms with Crippen LogP contribution in [0.4, 0.5) is 0 Å². The van der Waals surface area contributed by atoms with Crippen LogP contribution in [0, 0.1) is 5.92 Å². The highest BCUT2D eigenvalue weighted by Crippen LogP contribution is 2.47. The summed E-state index contributed by atoms with van der Waals surface area (Å²) in [5.41, 5.74) is 1.01. The van der Waals surface area contributed by atoms with Crippen LogP contribution in [-0.4, -0.2) is 10.4 Å². The van der Waals surface area contributed by atoms with Crippen molar-refractivity contribution in [3.63, 3.8) is 0 Å². The van der Waals surface area contributed by atoms with Crippen molar-refractivity contribution in [3.8, 4) is 5.75 Å². The number of benzene rings is 1. The molecular weight excluding hydrogens is 291 g/mol. The van der Waals surface area contributed by atoms with Gasteiger partial charge in [0, 0.05) is 5.92 Å². The molecule has 0 fully saturated rings. The van der Waals surface area contributed by atoms with E-state index in [0.29, 0.717) is 6.61 Å². The minimum atomic E-state index is -1.31. The van der Waals surface area contributed by atoms with E-state index in [1.54, 1.807) is 0 Å². The van der Waals surface area contributed by atoms with Gasteiger partial charge in [0.25, 0.3) is 0 Å². The van der Waals surface area contributed by atoms with Gasteiger partial charge < -0.3 is 4.74 Å². The van der Waals surface area contributed by atoms with E-state index in [2.05, 4.69) is 13.8 Å². The van der Waals surface area contributed by atoms with Crippen LogP contribution in [-0.2, 0) is 0 Å². The molecular formula is C14H19Cl3O. The summed E-state index contributed by atoms with van der Waals surface area (Å²) in [6.07, 6.45) is 0.956. The van der Waals surface area contributed by atoms with E-state index in [4.69, 9.17) is 39.5 Å². The van der Waals surface area contributed by atoms with E-state index < -0.39 is 3.79 Å². The van der Waals surface area contributed by atoms with Crippen LogP contribution in [0.5, 0.6) is 5.75 Å². The Kier molecular flexibility index (Phi) is 6.10. The summed E-state index contributed by atoms with van der Waals surface area (Å²) in [4.78, 5) is 0. The Morgan fingerprint density at radius 3 is 2.39 bits per heavy atom. The van der Waals surface area contributed by atoms with Crippen molar-refractivity contribution in [1.82, 2.24) is 0 Å². The Morgan fingerprint density at radius 1 is 1.22 bits per heavy atom. The topological polar surface area (TPSA) is 9.23 Å². The lowest BCUT2D eigenvalue weighted by molar-refractivity contribution is 0.339. The normalized spacial score (nSPS) is 15.2. The van der Waals surface area contributed by atoms with Crippen LogP contribution in [0.25, 0.3) is 0 Å². The summed E-state index contributed by atoms with van der Waals surface area (Å²) in [6, 6.07) is 7.80. The molecule has 0 aliphatic heterocycles. The number of hydrogen-bond acceptors (Lipinski definition) is 1. The molecule has 0 saturated carbocycles. The van der Waals surface area contributed by atoms with Crippen molar-refractivity contribution in [2.24, 2.45) is 5.92 Å². The quantitative estimate of drug-likeness (QED) is 0.645. The molecule has 0 aliphatic rings. The fraction of sp³-hybridized carbons (Fsp3) is 0.571. The molecule has 0 aromatic heterocycles. The van der Waals surface area contributed by atoms with Gasteiger partial charge in [-0.15, -0.1) is 0 Å². The lowest BCUT2D eigenvalue weighted by Crippen LogP contribution is -2.23. The molecule has 2 atom stereocenters. The van der Waals surface area contributed by atoms with Gasteiger partial charge in [0.05, 0.1) is 6.61 Å². The molecule has 18 heavy (non-hydrogen) atoms. The average Bonchev–Trinajstić information content (AvgIpc) is 2.28. The molecule has 0 radical (unpaired) electrons. The van der Waals surface area contributed by atoms with Gasteiger partial charge in [0.2, 0.25) is 0 Å². The van der Waals surface area contributed by atoms with Crippen LogP contribution in [0.3, 0.4) is 0 Å². The summed E-state index contributed by atoms with van der Waals surface area (Å²) in [5, 5.41) is 0. The average molecular weight is 310 g/mol. The molecule has 1 rings (SSSR count). The molecule has 102 valence electrons. The molecule has 1 aromatic rings. The van der Waals surface area contributed by atoms with Crippen molar-refractivity contribution in [1.29, 1.82) is 0 Å². The Labute approximate surface area is 124 Å². The maximum Gasteiger partial charge on any atom is 0.197 e. The SMILES string of the molecule is CCOc1cccc(C(C(C)CC)C(Cl)(Cl)Cl)c1. The first-order valence-corrected chi connectivity index (χ1v) is 7.33. The molecule has 0 spiro atoms. The number of hydrogen-bond donors (Lipinski definition) is 0. The summed E-state index contributed by atoms with van der Waals surface area (Å²) in [5.74, 6) is 0.972. The maximum atomic E-state index is 6.13. The van der Waals surface area contributed by atoms with Crippen molar-refractivity contribution in [2.45, 2.75) is 36.9 Å². The summed E-state index contributed by atoms with van der Waals surface area (Å²) < 4.78 is 4.19. The van der Waals surface area contributed by atoms with Crippen molar-refractivity contribution in [3.05, 3.63) is 29.8 Å². The molecule has 2 unspecified atom stereocenters. The number of ether oxygens (including phenoxy) is 1. The zero-order valence-electron chi connectivity index (χ0n) is 10.9. The van der Waals surface area contributed by atoms with E-state index in [9.17, 15) is 0 Å². The van der Waals surface area contributed by atoms with Gasteiger partial charge in [-0.1, -0.05) is 67.2 Å². The fourth-order valence-electron chi connectivity index (χ4n) is 2.04. The first kappa shape index (κ1) is 15.9. The predicted octanol–water partition coefficient (Wildman–Crippen LogP) is 5.59. The number of rotatable bonds is 5. The Morgan fingerprint density at radius 2 is 1.89 bits per heavy atom. The van der Waals surface area contributed by atoms with Crippen LogP contribution in [0.15, 0.2) is 24.3 Å². The van der Waals surface area contributed by atoms with Gasteiger partial charge in [0.1, 0.15) is 5.75 Å². The highest BCUT2D eigenvalue weighted by Gasteiger charge is 2.37. The first-order valence-electron chi connectivity index (χ1n) is 6.19. The smallest absolute Gasteiger partial charge is 0.197 e. The van der Waals surface area contributed by atoms with Crippen LogP contribution >= 0.6 is 34.8 Å². The largest absolute Gasteiger partial charge is 0.494 e. The third-order valence-corrected chi connectivity index (χ3v) is 3.80. The van der Waals surface area contributed by atoms with Crippen LogP contribution < -0.4 is 4.74 Å². The zero-order chi connectivity index (χ0) is 13.8. The van der Waals surface area contributed by atoms with Crippen LogP contribution in [0.1, 0.15) is 38.7 Å². The molecule has 0 heterocycles. The van der Waals surface area contributed by atoms with E-state index in [1.807, 2.05) is 31.2 Å². The monoisotopic (exact) mass is 308 g/mol. The molecule has 0 bridgehead atoms. The van der Waals surface area contributed by atoms with E-state index >= 15 is 0 Å². The minimum absolute atomic E-state index is 0.132. The van der Waals surface area contributed by atoms with Crippen molar-refractivity contribution in [2.75, 3.05) is 6.61 Å².